The van der Waals surface area contributed by atoms with Crippen LogP contribution in [0.5, 0.6) is 0 Å². The number of rotatable bonds is 5. The number of benzene rings is 1. The van der Waals surface area contributed by atoms with E-state index in [1.54, 1.807) is 24.1 Å². The minimum absolute atomic E-state index is 0.0333. The Balaban J connectivity index is 1.91. The Hall–Kier alpha value is -2.15. The van der Waals surface area contributed by atoms with Crippen LogP contribution in [0.4, 0.5) is 10.5 Å². The quantitative estimate of drug-likeness (QED) is 0.666. The van der Waals surface area contributed by atoms with E-state index in [2.05, 4.69) is 17.3 Å². The van der Waals surface area contributed by atoms with E-state index < -0.39 is 4.92 Å². The lowest BCUT2D eigenvalue weighted by Crippen LogP contribution is -2.41. The van der Waals surface area contributed by atoms with Crippen molar-refractivity contribution in [1.29, 1.82) is 0 Å². The van der Waals surface area contributed by atoms with E-state index >= 15 is 0 Å². The summed E-state index contributed by atoms with van der Waals surface area (Å²) in [6, 6.07) is 5.92. The van der Waals surface area contributed by atoms with Gasteiger partial charge in [0.1, 0.15) is 0 Å². The SMILES string of the molecule is C[C@H](NC(=O)N(C)C[C@@H]1CCN(C)C1)c1cccc([N+](=O)[O-])c1. The number of non-ortho nitro benzene ring substituents is 1. The molecule has 1 aromatic rings. The lowest BCUT2D eigenvalue weighted by atomic mass is 10.1. The number of carbonyl (C=O) groups is 1. The third-order valence-electron chi connectivity index (χ3n) is 4.29. The molecule has 2 atom stereocenters. The number of urea groups is 1. The van der Waals surface area contributed by atoms with Crippen molar-refractivity contribution in [2.24, 2.45) is 5.92 Å². The van der Waals surface area contributed by atoms with Crippen molar-refractivity contribution >= 4 is 11.7 Å². The number of nitro groups is 1. The van der Waals surface area contributed by atoms with Gasteiger partial charge in [0.2, 0.25) is 0 Å². The van der Waals surface area contributed by atoms with E-state index in [0.717, 1.165) is 31.6 Å². The summed E-state index contributed by atoms with van der Waals surface area (Å²) < 4.78 is 0. The molecule has 7 nitrogen and oxygen atoms in total. The molecule has 0 aromatic heterocycles. The van der Waals surface area contributed by atoms with E-state index in [0.29, 0.717) is 5.92 Å². The van der Waals surface area contributed by atoms with Crippen LogP contribution < -0.4 is 5.32 Å². The van der Waals surface area contributed by atoms with E-state index in [1.807, 2.05) is 6.92 Å². The van der Waals surface area contributed by atoms with E-state index in [9.17, 15) is 14.9 Å². The monoisotopic (exact) mass is 320 g/mol. The summed E-state index contributed by atoms with van der Waals surface area (Å²) >= 11 is 0. The number of likely N-dealkylation sites (tertiary alicyclic amines) is 1. The molecule has 0 spiro atoms. The van der Waals surface area contributed by atoms with Gasteiger partial charge in [-0.15, -0.1) is 0 Å². The van der Waals surface area contributed by atoms with E-state index in [-0.39, 0.29) is 17.8 Å². The second kappa shape index (κ2) is 7.41. The van der Waals surface area contributed by atoms with Crippen molar-refractivity contribution in [2.75, 3.05) is 33.7 Å². The average molecular weight is 320 g/mol. The van der Waals surface area contributed by atoms with Gasteiger partial charge < -0.3 is 15.1 Å². The lowest BCUT2D eigenvalue weighted by Gasteiger charge is -2.24. The molecular weight excluding hydrogens is 296 g/mol. The van der Waals surface area contributed by atoms with Crippen molar-refractivity contribution in [2.45, 2.75) is 19.4 Å². The molecule has 1 aliphatic heterocycles. The van der Waals surface area contributed by atoms with Gasteiger partial charge in [-0.2, -0.15) is 0 Å². The fraction of sp³-hybridized carbons (Fsp3) is 0.562. The second-order valence-electron chi connectivity index (χ2n) is 6.32. The first-order chi connectivity index (χ1) is 10.9. The summed E-state index contributed by atoms with van der Waals surface area (Å²) in [6.07, 6.45) is 1.11. The first-order valence-corrected chi connectivity index (χ1v) is 7.81. The smallest absolute Gasteiger partial charge is 0.317 e. The maximum atomic E-state index is 12.3. The highest BCUT2D eigenvalue weighted by molar-refractivity contribution is 5.74. The zero-order valence-electron chi connectivity index (χ0n) is 13.9. The van der Waals surface area contributed by atoms with Gasteiger partial charge in [0.25, 0.3) is 5.69 Å². The molecule has 2 rings (SSSR count). The van der Waals surface area contributed by atoms with Gasteiger partial charge in [0.15, 0.2) is 0 Å². The molecule has 126 valence electrons. The standard InChI is InChI=1S/C16H24N4O3/c1-12(14-5-4-6-15(9-14)20(22)23)17-16(21)19(3)11-13-7-8-18(2)10-13/h4-6,9,12-13H,7-8,10-11H2,1-3H3,(H,17,21)/t12-,13+/m0/s1. The van der Waals surface area contributed by atoms with Gasteiger partial charge >= 0.3 is 6.03 Å². The maximum Gasteiger partial charge on any atom is 0.317 e. The number of nitro benzene ring substituents is 1. The summed E-state index contributed by atoms with van der Waals surface area (Å²) in [4.78, 5) is 26.6. The molecule has 1 aliphatic rings. The molecule has 1 aromatic carbocycles. The number of carbonyl (C=O) groups excluding carboxylic acids is 1. The number of nitrogens with one attached hydrogen (secondary N) is 1. The van der Waals surface area contributed by atoms with Crippen molar-refractivity contribution in [3.05, 3.63) is 39.9 Å². The van der Waals surface area contributed by atoms with Gasteiger partial charge in [0, 0.05) is 32.3 Å². The Kier molecular flexibility index (Phi) is 5.54. The molecule has 1 N–H and O–H groups in total. The third-order valence-corrected chi connectivity index (χ3v) is 4.29. The molecule has 2 amide bonds. The molecule has 0 saturated carbocycles. The van der Waals surface area contributed by atoms with Crippen LogP contribution in [0.2, 0.25) is 0 Å². The molecule has 7 heteroatoms. The Morgan fingerprint density at radius 1 is 1.57 bits per heavy atom. The van der Waals surface area contributed by atoms with Crippen LogP contribution in [0.1, 0.15) is 24.9 Å². The molecule has 0 unspecified atom stereocenters. The van der Waals surface area contributed by atoms with Crippen LogP contribution >= 0.6 is 0 Å². The fourth-order valence-electron chi connectivity index (χ4n) is 2.93. The van der Waals surface area contributed by atoms with Crippen LogP contribution in [0.3, 0.4) is 0 Å². The Morgan fingerprint density at radius 2 is 2.30 bits per heavy atom. The zero-order chi connectivity index (χ0) is 17.0. The number of amides is 2. The third kappa shape index (κ3) is 4.66. The predicted octanol–water partition coefficient (Wildman–Crippen LogP) is 2.25. The largest absolute Gasteiger partial charge is 0.331 e. The molecular formula is C16H24N4O3. The first-order valence-electron chi connectivity index (χ1n) is 7.81. The predicted molar refractivity (Wildman–Crippen MR) is 88.3 cm³/mol. The summed E-state index contributed by atoms with van der Waals surface area (Å²) in [7, 11) is 3.87. The van der Waals surface area contributed by atoms with Crippen LogP contribution in [-0.2, 0) is 0 Å². The lowest BCUT2D eigenvalue weighted by molar-refractivity contribution is -0.384. The number of nitrogens with zero attached hydrogens (tertiary/aromatic N) is 3. The number of hydrogen-bond donors (Lipinski definition) is 1. The summed E-state index contributed by atoms with van der Waals surface area (Å²) in [5.41, 5.74) is 0.757. The fourth-order valence-corrected chi connectivity index (χ4v) is 2.93. The molecule has 1 saturated heterocycles. The molecule has 0 bridgehead atoms. The van der Waals surface area contributed by atoms with Gasteiger partial charge in [-0.05, 0) is 38.4 Å². The Labute approximate surface area is 136 Å². The highest BCUT2D eigenvalue weighted by Gasteiger charge is 2.23. The summed E-state index contributed by atoms with van der Waals surface area (Å²) in [5.74, 6) is 0.504. The summed E-state index contributed by atoms with van der Waals surface area (Å²) in [6.45, 7) is 4.63. The molecule has 0 aliphatic carbocycles. The highest BCUT2D eigenvalue weighted by Crippen LogP contribution is 2.19. The van der Waals surface area contributed by atoms with E-state index in [4.69, 9.17) is 0 Å². The van der Waals surface area contributed by atoms with Gasteiger partial charge in [-0.25, -0.2) is 4.79 Å². The van der Waals surface area contributed by atoms with Gasteiger partial charge in [-0.3, -0.25) is 10.1 Å². The van der Waals surface area contributed by atoms with Crippen molar-refractivity contribution in [3.63, 3.8) is 0 Å². The maximum absolute atomic E-state index is 12.3. The zero-order valence-corrected chi connectivity index (χ0v) is 13.9. The molecule has 1 heterocycles. The minimum atomic E-state index is -0.430. The van der Waals surface area contributed by atoms with Crippen LogP contribution in [0.15, 0.2) is 24.3 Å². The first kappa shape index (κ1) is 17.2. The normalized spacial score (nSPS) is 19.3. The Bertz CT molecular complexity index is 578. The van der Waals surface area contributed by atoms with Crippen LogP contribution in [0, 0.1) is 16.0 Å². The van der Waals surface area contributed by atoms with Crippen LogP contribution in [-0.4, -0.2) is 54.5 Å². The van der Waals surface area contributed by atoms with Crippen LogP contribution in [0.25, 0.3) is 0 Å². The summed E-state index contributed by atoms with van der Waals surface area (Å²) in [5, 5.41) is 13.7. The second-order valence-corrected chi connectivity index (χ2v) is 6.32. The molecule has 0 radical (unpaired) electrons. The topological polar surface area (TPSA) is 78.7 Å². The van der Waals surface area contributed by atoms with Crippen molar-refractivity contribution in [1.82, 2.24) is 15.1 Å². The van der Waals surface area contributed by atoms with E-state index in [1.165, 1.54) is 12.1 Å². The highest BCUT2D eigenvalue weighted by atomic mass is 16.6. The van der Waals surface area contributed by atoms with Gasteiger partial charge in [0.05, 0.1) is 11.0 Å². The number of hydrogen-bond acceptors (Lipinski definition) is 4. The van der Waals surface area contributed by atoms with Gasteiger partial charge in [-0.1, -0.05) is 12.1 Å². The molecule has 23 heavy (non-hydrogen) atoms. The molecule has 1 fully saturated rings. The average Bonchev–Trinajstić information content (AvgIpc) is 2.92. The van der Waals surface area contributed by atoms with Crippen molar-refractivity contribution in [3.8, 4) is 0 Å². The Morgan fingerprint density at radius 3 is 2.91 bits per heavy atom. The van der Waals surface area contributed by atoms with Crippen molar-refractivity contribution < 1.29 is 9.72 Å². The minimum Gasteiger partial charge on any atom is -0.331 e.